The summed E-state index contributed by atoms with van der Waals surface area (Å²) in [6.45, 7) is 0. The first-order valence-corrected chi connectivity index (χ1v) is 6.80. The highest BCUT2D eigenvalue weighted by molar-refractivity contribution is 8.00. The van der Waals surface area contributed by atoms with Crippen molar-refractivity contribution in [1.29, 1.82) is 0 Å². The van der Waals surface area contributed by atoms with E-state index in [4.69, 9.17) is 16.8 Å². The third-order valence-corrected chi connectivity index (χ3v) is 3.69. The lowest BCUT2D eigenvalue weighted by atomic mass is 10.1. The van der Waals surface area contributed by atoms with Gasteiger partial charge in [-0.1, -0.05) is 47.1 Å². The van der Waals surface area contributed by atoms with Crippen LogP contribution in [0, 0.1) is 0 Å². The Morgan fingerprint density at radius 3 is 2.33 bits per heavy atom. The molecular weight excluding hydrogens is 266 g/mol. The smallest absolute Gasteiger partial charge is 0.0970 e. The van der Waals surface area contributed by atoms with E-state index in [0.717, 1.165) is 15.5 Å². The molecule has 0 radical (unpaired) electrons. The molecule has 2 rings (SSSR count). The van der Waals surface area contributed by atoms with Crippen molar-refractivity contribution in [3.63, 3.8) is 0 Å². The van der Waals surface area contributed by atoms with E-state index in [-0.39, 0.29) is 0 Å². The van der Waals surface area contributed by atoms with Crippen LogP contribution >= 0.6 is 23.4 Å². The van der Waals surface area contributed by atoms with Gasteiger partial charge in [0.25, 0.3) is 0 Å². The molecule has 2 aromatic carbocycles. The van der Waals surface area contributed by atoms with Crippen molar-refractivity contribution >= 4 is 29.1 Å². The van der Waals surface area contributed by atoms with Crippen LogP contribution in [0.1, 0.15) is 5.56 Å². The van der Waals surface area contributed by atoms with Crippen molar-refractivity contribution in [2.24, 2.45) is 5.16 Å². The Balaban J connectivity index is 2.03. The Kier molecular flexibility index (Phi) is 4.67. The monoisotopic (exact) mass is 277 g/mol. The molecule has 4 heteroatoms. The molecule has 2 nitrogen and oxygen atoms in total. The third-order valence-electron chi connectivity index (χ3n) is 2.42. The lowest BCUT2D eigenvalue weighted by molar-refractivity contribution is 0.319. The molecule has 0 spiro atoms. The van der Waals surface area contributed by atoms with Gasteiger partial charge in [-0.3, -0.25) is 0 Å². The van der Waals surface area contributed by atoms with Gasteiger partial charge in [0.15, 0.2) is 0 Å². The Hall–Kier alpha value is -1.45. The van der Waals surface area contributed by atoms with Crippen molar-refractivity contribution in [3.05, 3.63) is 65.2 Å². The zero-order valence-corrected chi connectivity index (χ0v) is 11.2. The number of hydrogen-bond donors (Lipinski definition) is 1. The fourth-order valence-electron chi connectivity index (χ4n) is 1.48. The number of rotatable bonds is 4. The van der Waals surface area contributed by atoms with Gasteiger partial charge in [-0.2, -0.15) is 0 Å². The zero-order valence-electron chi connectivity index (χ0n) is 9.58. The van der Waals surface area contributed by atoms with Gasteiger partial charge in [0.05, 0.1) is 5.71 Å². The second-order valence-corrected chi connectivity index (χ2v) is 5.14. The summed E-state index contributed by atoms with van der Waals surface area (Å²) in [5, 5.41) is 13.1. The van der Waals surface area contributed by atoms with Crippen molar-refractivity contribution in [2.45, 2.75) is 4.90 Å². The summed E-state index contributed by atoms with van der Waals surface area (Å²) in [6.07, 6.45) is 0. The average molecular weight is 278 g/mol. The van der Waals surface area contributed by atoms with Crippen LogP contribution in [0.3, 0.4) is 0 Å². The summed E-state index contributed by atoms with van der Waals surface area (Å²) in [5.74, 6) is 0.613. The molecule has 0 aliphatic heterocycles. The van der Waals surface area contributed by atoms with Gasteiger partial charge in [0.2, 0.25) is 0 Å². The van der Waals surface area contributed by atoms with E-state index < -0.39 is 0 Å². The molecular formula is C14H12ClNOS. The Morgan fingerprint density at radius 1 is 1.06 bits per heavy atom. The molecule has 0 aliphatic carbocycles. The Morgan fingerprint density at radius 2 is 1.72 bits per heavy atom. The molecule has 0 saturated heterocycles. The van der Waals surface area contributed by atoms with Crippen molar-refractivity contribution in [2.75, 3.05) is 5.75 Å². The molecule has 0 bridgehead atoms. The fourth-order valence-corrected chi connectivity index (χ4v) is 2.47. The van der Waals surface area contributed by atoms with Gasteiger partial charge >= 0.3 is 0 Å². The van der Waals surface area contributed by atoms with E-state index in [1.54, 1.807) is 11.8 Å². The molecule has 0 aliphatic rings. The van der Waals surface area contributed by atoms with Crippen molar-refractivity contribution in [3.8, 4) is 0 Å². The van der Waals surface area contributed by atoms with Crippen LogP contribution in [0.25, 0.3) is 0 Å². The first-order valence-electron chi connectivity index (χ1n) is 5.44. The van der Waals surface area contributed by atoms with E-state index in [1.807, 2.05) is 54.6 Å². The summed E-state index contributed by atoms with van der Waals surface area (Å²) >= 11 is 7.43. The second-order valence-electron chi connectivity index (χ2n) is 3.66. The average Bonchev–Trinajstić information content (AvgIpc) is 2.43. The quantitative estimate of drug-likeness (QED) is 0.391. The van der Waals surface area contributed by atoms with Crippen LogP contribution in [0.15, 0.2) is 64.6 Å². The molecule has 0 unspecified atom stereocenters. The zero-order chi connectivity index (χ0) is 12.8. The van der Waals surface area contributed by atoms with Crippen molar-refractivity contribution < 1.29 is 5.21 Å². The lowest BCUT2D eigenvalue weighted by Gasteiger charge is -2.04. The molecule has 0 amide bonds. The third kappa shape index (κ3) is 3.52. The molecule has 0 atom stereocenters. The normalized spacial score (nSPS) is 11.5. The standard InChI is InChI=1S/C14H12ClNOS/c15-12-6-8-13(9-7-12)18-10-14(16-17)11-4-2-1-3-5-11/h1-9,17H,10H2/b16-14-. The van der Waals surface area contributed by atoms with Crippen molar-refractivity contribution in [1.82, 2.24) is 0 Å². The van der Waals surface area contributed by atoms with Gasteiger partial charge in [-0.15, -0.1) is 11.8 Å². The van der Waals surface area contributed by atoms with Crippen LogP contribution < -0.4 is 0 Å². The van der Waals surface area contributed by atoms with Gasteiger partial charge in [-0.25, -0.2) is 0 Å². The highest BCUT2D eigenvalue weighted by Crippen LogP contribution is 2.21. The maximum absolute atomic E-state index is 9.06. The van der Waals surface area contributed by atoms with E-state index >= 15 is 0 Å². The summed E-state index contributed by atoms with van der Waals surface area (Å²) in [7, 11) is 0. The van der Waals surface area contributed by atoms with E-state index in [1.165, 1.54) is 0 Å². The SMILES string of the molecule is O/N=C(/CSc1ccc(Cl)cc1)c1ccccc1. The van der Waals surface area contributed by atoms with Crippen LogP contribution in [-0.4, -0.2) is 16.7 Å². The van der Waals surface area contributed by atoms with Crippen LogP contribution in [-0.2, 0) is 0 Å². The minimum atomic E-state index is 0.613. The number of hydrogen-bond acceptors (Lipinski definition) is 3. The van der Waals surface area contributed by atoms with Gasteiger partial charge in [0, 0.05) is 21.2 Å². The first kappa shape index (κ1) is 13.0. The minimum Gasteiger partial charge on any atom is -0.411 e. The van der Waals surface area contributed by atoms with E-state index in [2.05, 4.69) is 5.16 Å². The summed E-state index contributed by atoms with van der Waals surface area (Å²) in [4.78, 5) is 1.09. The maximum atomic E-state index is 9.06. The number of halogens is 1. The molecule has 18 heavy (non-hydrogen) atoms. The predicted molar refractivity (Wildman–Crippen MR) is 76.9 cm³/mol. The summed E-state index contributed by atoms with van der Waals surface area (Å²) < 4.78 is 0. The minimum absolute atomic E-state index is 0.613. The first-order chi connectivity index (χ1) is 8.79. The van der Waals surface area contributed by atoms with Crippen LogP contribution in [0.5, 0.6) is 0 Å². The molecule has 0 aromatic heterocycles. The van der Waals surface area contributed by atoms with E-state index in [9.17, 15) is 0 Å². The molecule has 0 heterocycles. The highest BCUT2D eigenvalue weighted by Gasteiger charge is 2.04. The van der Waals surface area contributed by atoms with Crippen LogP contribution in [0.4, 0.5) is 0 Å². The summed E-state index contributed by atoms with van der Waals surface area (Å²) in [5.41, 5.74) is 1.59. The molecule has 0 saturated carbocycles. The molecule has 92 valence electrons. The highest BCUT2D eigenvalue weighted by atomic mass is 35.5. The lowest BCUT2D eigenvalue weighted by Crippen LogP contribution is -2.03. The van der Waals surface area contributed by atoms with Gasteiger partial charge < -0.3 is 5.21 Å². The molecule has 2 aromatic rings. The van der Waals surface area contributed by atoms with Crippen LogP contribution in [0.2, 0.25) is 5.02 Å². The van der Waals surface area contributed by atoms with Gasteiger partial charge in [-0.05, 0) is 24.3 Å². The number of benzene rings is 2. The number of oxime groups is 1. The fraction of sp³-hybridized carbons (Fsp3) is 0.0714. The Bertz CT molecular complexity index is 525. The largest absolute Gasteiger partial charge is 0.411 e. The van der Waals surface area contributed by atoms with Gasteiger partial charge in [0.1, 0.15) is 0 Å². The number of nitrogens with zero attached hydrogens (tertiary/aromatic N) is 1. The Labute approximate surface area is 115 Å². The predicted octanol–water partition coefficient (Wildman–Crippen LogP) is 4.31. The molecule has 0 fully saturated rings. The second kappa shape index (κ2) is 6.47. The molecule has 1 N–H and O–H groups in total. The number of thioether (sulfide) groups is 1. The van der Waals surface area contributed by atoms with E-state index in [0.29, 0.717) is 11.5 Å². The topological polar surface area (TPSA) is 32.6 Å². The maximum Gasteiger partial charge on any atom is 0.0970 e. The summed E-state index contributed by atoms with van der Waals surface area (Å²) in [6, 6.07) is 17.2.